The Kier molecular flexibility index (Phi) is 9.22. The van der Waals surface area contributed by atoms with Gasteiger partial charge in [0.1, 0.15) is 0 Å². The molecule has 1 aliphatic rings. The van der Waals surface area contributed by atoms with Gasteiger partial charge in [0.25, 0.3) is 11.8 Å². The molecule has 9 nitrogen and oxygen atoms in total. The van der Waals surface area contributed by atoms with Crippen LogP contribution in [0.1, 0.15) is 18.1 Å². The number of carbonyl (C=O) groups is 2. The van der Waals surface area contributed by atoms with Crippen molar-refractivity contribution in [3.63, 3.8) is 0 Å². The number of hydrogen-bond acceptors (Lipinski definition) is 7. The summed E-state index contributed by atoms with van der Waals surface area (Å²) in [4.78, 5) is 26.3. The van der Waals surface area contributed by atoms with Crippen LogP contribution in [-0.2, 0) is 14.3 Å². The summed E-state index contributed by atoms with van der Waals surface area (Å²) in [5.74, 6) is 0.487. The molecule has 1 aliphatic heterocycles. The van der Waals surface area contributed by atoms with E-state index in [0.29, 0.717) is 37.0 Å². The first-order valence-corrected chi connectivity index (χ1v) is 10.9. The van der Waals surface area contributed by atoms with E-state index in [4.69, 9.17) is 14.2 Å². The van der Waals surface area contributed by atoms with Gasteiger partial charge in [-0.1, -0.05) is 17.7 Å². The van der Waals surface area contributed by atoms with Gasteiger partial charge in [-0.2, -0.15) is 5.10 Å². The van der Waals surface area contributed by atoms with E-state index in [1.807, 2.05) is 43.0 Å². The number of hydrazone groups is 1. The number of aryl methyl sites for hydroxylation is 1. The lowest BCUT2D eigenvalue weighted by molar-refractivity contribution is -0.123. The summed E-state index contributed by atoms with van der Waals surface area (Å²) in [6.45, 7) is 7.15. The van der Waals surface area contributed by atoms with Crippen LogP contribution in [0.3, 0.4) is 0 Å². The second kappa shape index (κ2) is 12.6. The van der Waals surface area contributed by atoms with Crippen LogP contribution in [0.2, 0.25) is 0 Å². The van der Waals surface area contributed by atoms with Gasteiger partial charge in [-0.25, -0.2) is 5.43 Å². The Morgan fingerprint density at radius 1 is 1.06 bits per heavy atom. The van der Waals surface area contributed by atoms with Gasteiger partial charge in [0.2, 0.25) is 0 Å². The first-order chi connectivity index (χ1) is 16.0. The molecule has 0 saturated carbocycles. The number of anilines is 1. The number of nitrogens with one attached hydrogen (secondary N) is 2. The van der Waals surface area contributed by atoms with Gasteiger partial charge in [0, 0.05) is 18.8 Å². The number of morpholine rings is 1. The van der Waals surface area contributed by atoms with Gasteiger partial charge in [-0.3, -0.25) is 14.5 Å². The van der Waals surface area contributed by atoms with Gasteiger partial charge in [-0.15, -0.1) is 0 Å². The van der Waals surface area contributed by atoms with Crippen LogP contribution in [0.25, 0.3) is 0 Å². The largest absolute Gasteiger partial charge is 0.490 e. The average Bonchev–Trinajstić information content (AvgIpc) is 2.81. The molecular formula is C24H30N4O5. The molecule has 0 unspecified atom stereocenters. The molecule has 33 heavy (non-hydrogen) atoms. The summed E-state index contributed by atoms with van der Waals surface area (Å²) in [5.41, 5.74) is 5.08. The molecule has 0 atom stereocenters. The molecule has 0 radical (unpaired) electrons. The van der Waals surface area contributed by atoms with E-state index in [9.17, 15) is 9.59 Å². The van der Waals surface area contributed by atoms with Crippen molar-refractivity contribution in [2.24, 2.45) is 5.10 Å². The number of ether oxygens (including phenoxy) is 3. The van der Waals surface area contributed by atoms with Gasteiger partial charge >= 0.3 is 0 Å². The number of benzene rings is 2. The van der Waals surface area contributed by atoms with E-state index in [2.05, 4.69) is 15.8 Å². The lowest BCUT2D eigenvalue weighted by Crippen LogP contribution is -2.42. The molecule has 2 aromatic rings. The highest BCUT2D eigenvalue weighted by Crippen LogP contribution is 2.28. The minimum absolute atomic E-state index is 0.154. The Bertz CT molecular complexity index is 956. The van der Waals surface area contributed by atoms with Crippen molar-refractivity contribution in [2.45, 2.75) is 13.8 Å². The monoisotopic (exact) mass is 454 g/mol. The number of hydrogen-bond donors (Lipinski definition) is 2. The van der Waals surface area contributed by atoms with E-state index in [0.717, 1.165) is 24.2 Å². The molecule has 2 amide bonds. The van der Waals surface area contributed by atoms with Crippen molar-refractivity contribution < 1.29 is 23.8 Å². The molecule has 2 aromatic carbocycles. The Morgan fingerprint density at radius 3 is 2.55 bits per heavy atom. The fraction of sp³-hybridized carbons (Fsp3) is 0.375. The predicted octanol–water partition coefficient (Wildman–Crippen LogP) is 2.19. The minimum Gasteiger partial charge on any atom is -0.490 e. The number of rotatable bonds is 10. The molecule has 3 rings (SSSR count). The highest BCUT2D eigenvalue weighted by Gasteiger charge is 2.13. The fourth-order valence-corrected chi connectivity index (χ4v) is 3.15. The molecule has 176 valence electrons. The van der Waals surface area contributed by atoms with Crippen molar-refractivity contribution in [1.29, 1.82) is 0 Å². The van der Waals surface area contributed by atoms with Crippen molar-refractivity contribution in [1.82, 2.24) is 10.3 Å². The van der Waals surface area contributed by atoms with Crippen LogP contribution in [0.5, 0.6) is 11.5 Å². The van der Waals surface area contributed by atoms with Gasteiger partial charge < -0.3 is 19.5 Å². The quantitative estimate of drug-likeness (QED) is 0.422. The lowest BCUT2D eigenvalue weighted by atomic mass is 10.2. The van der Waals surface area contributed by atoms with Gasteiger partial charge in [0.05, 0.1) is 32.6 Å². The summed E-state index contributed by atoms with van der Waals surface area (Å²) < 4.78 is 16.6. The summed E-state index contributed by atoms with van der Waals surface area (Å²) in [6, 6.07) is 12.8. The molecule has 1 saturated heterocycles. The predicted molar refractivity (Wildman–Crippen MR) is 126 cm³/mol. The molecule has 0 spiro atoms. The molecule has 0 aromatic heterocycles. The first kappa shape index (κ1) is 24.2. The average molecular weight is 455 g/mol. The summed E-state index contributed by atoms with van der Waals surface area (Å²) in [6.07, 6.45) is 1.54. The van der Waals surface area contributed by atoms with Crippen LogP contribution < -0.4 is 20.2 Å². The molecule has 0 bridgehead atoms. The third-order valence-corrected chi connectivity index (χ3v) is 4.84. The summed E-state index contributed by atoms with van der Waals surface area (Å²) >= 11 is 0. The van der Waals surface area contributed by atoms with Gasteiger partial charge in [-0.05, 0) is 49.7 Å². The number of nitrogens with zero attached hydrogens (tertiary/aromatic N) is 2. The standard InChI is InChI=1S/C24H30N4O5/c1-3-32-22-14-19(15-25-27-23(29)16-28-10-12-31-13-11-28)6-9-21(22)33-17-24(30)26-20-7-4-18(2)5-8-20/h4-9,14-15H,3,10-13,16-17H2,1-2H3,(H,26,30)(H,27,29). The molecule has 1 fully saturated rings. The fourth-order valence-electron chi connectivity index (χ4n) is 3.15. The number of carbonyl (C=O) groups excluding carboxylic acids is 2. The Hall–Kier alpha value is -3.43. The highest BCUT2D eigenvalue weighted by molar-refractivity contribution is 5.92. The van der Waals surface area contributed by atoms with Crippen LogP contribution >= 0.6 is 0 Å². The lowest BCUT2D eigenvalue weighted by Gasteiger charge is -2.25. The zero-order valence-corrected chi connectivity index (χ0v) is 19.0. The zero-order valence-electron chi connectivity index (χ0n) is 19.0. The normalized spacial score (nSPS) is 14.1. The maximum absolute atomic E-state index is 12.2. The van der Waals surface area contributed by atoms with Crippen LogP contribution in [0, 0.1) is 6.92 Å². The van der Waals surface area contributed by atoms with Crippen molar-refractivity contribution in [2.75, 3.05) is 51.4 Å². The SMILES string of the molecule is CCOc1cc(C=NNC(=O)CN2CCOCC2)ccc1OCC(=O)Nc1ccc(C)cc1. The second-order valence-electron chi connectivity index (χ2n) is 7.52. The molecule has 9 heteroatoms. The summed E-state index contributed by atoms with van der Waals surface area (Å²) in [5, 5.41) is 6.82. The van der Waals surface area contributed by atoms with Gasteiger partial charge in [0.15, 0.2) is 18.1 Å². The van der Waals surface area contributed by atoms with Crippen LogP contribution in [-0.4, -0.2) is 69.0 Å². The van der Waals surface area contributed by atoms with Crippen molar-refractivity contribution in [3.8, 4) is 11.5 Å². The molecular weight excluding hydrogens is 424 g/mol. The second-order valence-corrected chi connectivity index (χ2v) is 7.52. The van der Waals surface area contributed by atoms with E-state index in [-0.39, 0.29) is 25.0 Å². The maximum atomic E-state index is 12.2. The highest BCUT2D eigenvalue weighted by atomic mass is 16.5. The Balaban J connectivity index is 1.52. The smallest absolute Gasteiger partial charge is 0.262 e. The van der Waals surface area contributed by atoms with E-state index >= 15 is 0 Å². The molecule has 0 aliphatic carbocycles. The van der Waals surface area contributed by atoms with E-state index in [1.165, 1.54) is 6.21 Å². The number of amides is 2. The maximum Gasteiger partial charge on any atom is 0.262 e. The summed E-state index contributed by atoms with van der Waals surface area (Å²) in [7, 11) is 0. The van der Waals surface area contributed by atoms with Crippen LogP contribution in [0.15, 0.2) is 47.6 Å². The third-order valence-electron chi connectivity index (χ3n) is 4.84. The van der Waals surface area contributed by atoms with Crippen molar-refractivity contribution >= 4 is 23.7 Å². The third kappa shape index (κ3) is 8.21. The van der Waals surface area contributed by atoms with E-state index in [1.54, 1.807) is 18.2 Å². The Morgan fingerprint density at radius 2 is 1.82 bits per heavy atom. The van der Waals surface area contributed by atoms with Crippen molar-refractivity contribution in [3.05, 3.63) is 53.6 Å². The minimum atomic E-state index is -0.269. The van der Waals surface area contributed by atoms with E-state index < -0.39 is 0 Å². The Labute approximate surface area is 193 Å². The molecule has 1 heterocycles. The van der Waals surface area contributed by atoms with Crippen LogP contribution in [0.4, 0.5) is 5.69 Å². The topological polar surface area (TPSA) is 101 Å². The zero-order chi connectivity index (χ0) is 23.5. The molecule has 2 N–H and O–H groups in total. The first-order valence-electron chi connectivity index (χ1n) is 10.9.